The molecule has 1 fully saturated rings. The predicted molar refractivity (Wildman–Crippen MR) is 94.9 cm³/mol. The fourth-order valence-electron chi connectivity index (χ4n) is 4.05. The zero-order valence-corrected chi connectivity index (χ0v) is 14.6. The Morgan fingerprint density at radius 1 is 1.37 bits per heavy atom. The van der Waals surface area contributed by atoms with Gasteiger partial charge in [-0.25, -0.2) is 4.39 Å². The summed E-state index contributed by atoms with van der Waals surface area (Å²) in [5.74, 6) is -1.08. The minimum Gasteiger partial charge on any atom is -0.481 e. The first kappa shape index (κ1) is 17.4. The van der Waals surface area contributed by atoms with E-state index in [2.05, 4.69) is 4.99 Å². The second kappa shape index (κ2) is 6.00. The molecule has 4 rings (SSSR count). The van der Waals surface area contributed by atoms with Gasteiger partial charge >= 0.3 is 5.97 Å². The molecular formula is C19H18FN3O4. The Labute approximate surface area is 154 Å². The van der Waals surface area contributed by atoms with Crippen LogP contribution in [0.3, 0.4) is 0 Å². The highest BCUT2D eigenvalue weighted by Gasteiger charge is 2.53. The molecule has 8 heteroatoms. The molecule has 7 nitrogen and oxygen atoms in total. The first-order valence-electron chi connectivity index (χ1n) is 8.70. The molecule has 0 bridgehead atoms. The Kier molecular flexibility index (Phi) is 3.87. The molecule has 1 aromatic rings. The van der Waals surface area contributed by atoms with Gasteiger partial charge in [0.05, 0.1) is 28.6 Å². The summed E-state index contributed by atoms with van der Waals surface area (Å²) in [6, 6.07) is 5.83. The molecule has 0 amide bonds. The Balaban J connectivity index is 1.77. The standard InChI is InChI=1S/C19H18FN3O4/c1-19(11-2-4-12(20)5-3-11)9-16(14-8-15(14)18(24)25)21-17-7-6-13(23(26)27)10-22(17)19/h2-7,10,14-16H,8-9H2,1H3,(H,24,25). The largest absolute Gasteiger partial charge is 0.481 e. The van der Waals surface area contributed by atoms with E-state index >= 15 is 0 Å². The van der Waals surface area contributed by atoms with Crippen LogP contribution in [0.25, 0.3) is 0 Å². The lowest BCUT2D eigenvalue weighted by Gasteiger charge is -2.46. The van der Waals surface area contributed by atoms with E-state index in [-0.39, 0.29) is 23.5 Å². The van der Waals surface area contributed by atoms with E-state index in [4.69, 9.17) is 0 Å². The zero-order chi connectivity index (χ0) is 19.3. The highest BCUT2D eigenvalue weighted by Crippen LogP contribution is 2.49. The molecule has 1 saturated carbocycles. The van der Waals surface area contributed by atoms with Crippen LogP contribution in [0.4, 0.5) is 4.39 Å². The number of aliphatic imine (C=N–C) groups is 1. The van der Waals surface area contributed by atoms with E-state index in [0.717, 1.165) is 5.56 Å². The molecule has 140 valence electrons. The fourth-order valence-corrected chi connectivity index (χ4v) is 4.05. The number of rotatable bonds is 4. The molecule has 0 aromatic heterocycles. The Bertz CT molecular complexity index is 908. The number of carbonyl (C=O) groups is 1. The first-order chi connectivity index (χ1) is 12.8. The number of carboxylic acid groups (broad SMARTS) is 1. The minimum atomic E-state index is -0.819. The van der Waals surface area contributed by atoms with Crippen molar-refractivity contribution in [3.05, 3.63) is 69.8 Å². The van der Waals surface area contributed by atoms with Gasteiger partial charge in [0.15, 0.2) is 0 Å². The number of halogens is 1. The van der Waals surface area contributed by atoms with Gasteiger partial charge in [0.2, 0.25) is 0 Å². The van der Waals surface area contributed by atoms with E-state index in [1.165, 1.54) is 24.4 Å². The number of hydrogen-bond donors (Lipinski definition) is 1. The molecule has 27 heavy (non-hydrogen) atoms. The lowest BCUT2D eigenvalue weighted by Crippen LogP contribution is -2.51. The number of allylic oxidation sites excluding steroid dienone is 1. The van der Waals surface area contributed by atoms with Crippen molar-refractivity contribution in [3.8, 4) is 0 Å². The molecular weight excluding hydrogens is 353 g/mol. The third-order valence-corrected chi connectivity index (χ3v) is 5.68. The SMILES string of the molecule is CC1(c2ccc(F)cc2)CC(C2CC2C(=O)O)N=C2C=CC([N+](=O)[O-])=CN21. The number of nitro groups is 1. The normalized spacial score (nSPS) is 31.6. The summed E-state index contributed by atoms with van der Waals surface area (Å²) in [5, 5.41) is 20.5. The van der Waals surface area contributed by atoms with Gasteiger partial charge in [0.25, 0.3) is 5.70 Å². The molecule has 2 aliphatic heterocycles. The number of benzene rings is 1. The molecule has 0 saturated heterocycles. The second-order valence-electron chi connectivity index (χ2n) is 7.40. The molecule has 4 unspecified atom stereocenters. The van der Waals surface area contributed by atoms with E-state index in [1.807, 2.05) is 6.92 Å². The van der Waals surface area contributed by atoms with Gasteiger partial charge in [-0.1, -0.05) is 12.1 Å². The third kappa shape index (κ3) is 2.90. The van der Waals surface area contributed by atoms with Gasteiger partial charge in [-0.05, 0) is 49.5 Å². The van der Waals surface area contributed by atoms with E-state index in [9.17, 15) is 24.4 Å². The van der Waals surface area contributed by atoms with Crippen molar-refractivity contribution in [2.75, 3.05) is 0 Å². The molecule has 0 radical (unpaired) electrons. The second-order valence-corrected chi connectivity index (χ2v) is 7.40. The van der Waals surface area contributed by atoms with E-state index in [1.54, 1.807) is 23.1 Å². The van der Waals surface area contributed by atoms with Crippen molar-refractivity contribution < 1.29 is 19.2 Å². The van der Waals surface area contributed by atoms with Crippen LogP contribution in [0, 0.1) is 27.8 Å². The maximum Gasteiger partial charge on any atom is 0.306 e. The lowest BCUT2D eigenvalue weighted by atomic mass is 9.80. The van der Waals surface area contributed by atoms with Crippen LogP contribution in [0.2, 0.25) is 0 Å². The van der Waals surface area contributed by atoms with E-state index in [0.29, 0.717) is 18.7 Å². The summed E-state index contributed by atoms with van der Waals surface area (Å²) < 4.78 is 13.4. The monoisotopic (exact) mass is 371 g/mol. The highest BCUT2D eigenvalue weighted by molar-refractivity contribution is 5.96. The van der Waals surface area contributed by atoms with Gasteiger partial charge in [0.1, 0.15) is 11.7 Å². The summed E-state index contributed by atoms with van der Waals surface area (Å²) in [6.07, 6.45) is 5.50. The first-order valence-corrected chi connectivity index (χ1v) is 8.70. The summed E-state index contributed by atoms with van der Waals surface area (Å²) in [4.78, 5) is 28.5. The summed E-state index contributed by atoms with van der Waals surface area (Å²) >= 11 is 0. The number of aliphatic carboxylic acids is 1. The van der Waals surface area contributed by atoms with Gasteiger partial charge < -0.3 is 10.0 Å². The van der Waals surface area contributed by atoms with Crippen LogP contribution >= 0.6 is 0 Å². The smallest absolute Gasteiger partial charge is 0.306 e. The van der Waals surface area contributed by atoms with Crippen LogP contribution in [-0.2, 0) is 10.3 Å². The van der Waals surface area contributed by atoms with Crippen molar-refractivity contribution in [2.24, 2.45) is 16.8 Å². The number of fused-ring (bicyclic) bond motifs is 1. The average Bonchev–Trinajstić information content (AvgIpc) is 3.43. The average molecular weight is 371 g/mol. The predicted octanol–water partition coefficient (Wildman–Crippen LogP) is 2.92. The van der Waals surface area contributed by atoms with Crippen LogP contribution in [-0.4, -0.2) is 32.8 Å². The van der Waals surface area contributed by atoms with Gasteiger partial charge in [-0.2, -0.15) is 0 Å². The molecule has 2 heterocycles. The Hall–Kier alpha value is -3.03. The number of amidine groups is 1. The van der Waals surface area contributed by atoms with Crippen molar-refractivity contribution in [1.29, 1.82) is 0 Å². The molecule has 1 aliphatic carbocycles. The third-order valence-electron chi connectivity index (χ3n) is 5.68. The highest BCUT2D eigenvalue weighted by atomic mass is 19.1. The van der Waals surface area contributed by atoms with Crippen molar-refractivity contribution >= 4 is 11.8 Å². The Morgan fingerprint density at radius 2 is 2.07 bits per heavy atom. The zero-order valence-electron chi connectivity index (χ0n) is 14.6. The van der Waals surface area contributed by atoms with Crippen LogP contribution in [0.5, 0.6) is 0 Å². The van der Waals surface area contributed by atoms with Gasteiger partial charge in [-0.3, -0.25) is 19.9 Å². The summed E-state index contributed by atoms with van der Waals surface area (Å²) in [7, 11) is 0. The quantitative estimate of drug-likeness (QED) is 0.648. The number of hydrogen-bond acceptors (Lipinski definition) is 5. The fraction of sp³-hybridized carbons (Fsp3) is 0.368. The maximum absolute atomic E-state index is 13.4. The number of nitrogens with zero attached hydrogens (tertiary/aromatic N) is 3. The van der Waals surface area contributed by atoms with Gasteiger partial charge in [-0.15, -0.1) is 0 Å². The maximum atomic E-state index is 13.4. The van der Waals surface area contributed by atoms with E-state index < -0.39 is 22.3 Å². The van der Waals surface area contributed by atoms with Crippen molar-refractivity contribution in [2.45, 2.75) is 31.3 Å². The molecule has 3 aliphatic rings. The van der Waals surface area contributed by atoms with Gasteiger partial charge in [0, 0.05) is 6.08 Å². The van der Waals surface area contributed by atoms with Crippen LogP contribution in [0.1, 0.15) is 25.3 Å². The van der Waals surface area contributed by atoms with Crippen LogP contribution < -0.4 is 0 Å². The van der Waals surface area contributed by atoms with Crippen molar-refractivity contribution in [3.63, 3.8) is 0 Å². The summed E-state index contributed by atoms with van der Waals surface area (Å²) in [6.45, 7) is 1.92. The molecule has 0 spiro atoms. The minimum absolute atomic E-state index is 0.0498. The Morgan fingerprint density at radius 3 is 2.67 bits per heavy atom. The molecule has 1 aromatic carbocycles. The summed E-state index contributed by atoms with van der Waals surface area (Å²) in [5.41, 5.74) is 0.0336. The lowest BCUT2D eigenvalue weighted by molar-refractivity contribution is -0.420. The molecule has 1 N–H and O–H groups in total. The molecule has 4 atom stereocenters. The number of carboxylic acids is 1. The topological polar surface area (TPSA) is 96.0 Å². The van der Waals surface area contributed by atoms with Crippen molar-refractivity contribution in [1.82, 2.24) is 4.90 Å². The van der Waals surface area contributed by atoms with Crippen LogP contribution in [0.15, 0.2) is 53.3 Å².